The zero-order valence-electron chi connectivity index (χ0n) is 9.98. The summed E-state index contributed by atoms with van der Waals surface area (Å²) in [6.07, 6.45) is 1.25. The minimum absolute atomic E-state index is 0.417. The molecule has 0 amide bonds. The molecule has 2 rings (SSSR count). The Balaban J connectivity index is 2.98. The predicted molar refractivity (Wildman–Crippen MR) is 67.0 cm³/mol. The van der Waals surface area contributed by atoms with Gasteiger partial charge in [0.15, 0.2) is 0 Å². The van der Waals surface area contributed by atoms with Crippen molar-refractivity contribution in [1.82, 2.24) is 0 Å². The molecule has 90 valence electrons. The van der Waals surface area contributed by atoms with Crippen LogP contribution in [0.3, 0.4) is 0 Å². The van der Waals surface area contributed by atoms with E-state index in [0.29, 0.717) is 34.9 Å². The van der Waals surface area contributed by atoms with Crippen molar-refractivity contribution in [3.8, 4) is 0 Å². The predicted octanol–water partition coefficient (Wildman–Crippen LogP) is 3.83. The molecule has 0 fully saturated rings. The van der Waals surface area contributed by atoms with Gasteiger partial charge in [-0.25, -0.2) is 8.78 Å². The van der Waals surface area contributed by atoms with Crippen LogP contribution in [0, 0.1) is 11.6 Å². The topological polar surface area (TPSA) is 26.0 Å². The van der Waals surface area contributed by atoms with Crippen LogP contribution in [-0.4, -0.2) is 0 Å². The van der Waals surface area contributed by atoms with Gasteiger partial charge in [-0.05, 0) is 41.5 Å². The van der Waals surface area contributed by atoms with E-state index in [9.17, 15) is 8.78 Å². The van der Waals surface area contributed by atoms with Crippen LogP contribution in [0.1, 0.15) is 25.0 Å². The fourth-order valence-corrected chi connectivity index (χ4v) is 2.29. The third-order valence-electron chi connectivity index (χ3n) is 3.08. The summed E-state index contributed by atoms with van der Waals surface area (Å²) < 4.78 is 27.5. The molecule has 0 atom stereocenters. The molecule has 1 nitrogen and oxygen atoms in total. The van der Waals surface area contributed by atoms with E-state index < -0.39 is 11.6 Å². The molecule has 0 aliphatic carbocycles. The van der Waals surface area contributed by atoms with Gasteiger partial charge in [-0.2, -0.15) is 0 Å². The molecular formula is C14H15F2N. The number of hydrogen-bond donors (Lipinski definition) is 1. The summed E-state index contributed by atoms with van der Waals surface area (Å²) in [5, 5.41) is 1.10. The third-order valence-corrected chi connectivity index (χ3v) is 3.08. The van der Waals surface area contributed by atoms with Crippen molar-refractivity contribution in [2.45, 2.75) is 26.7 Å². The monoisotopic (exact) mass is 235 g/mol. The molecule has 2 N–H and O–H groups in total. The molecule has 0 spiro atoms. The summed E-state index contributed by atoms with van der Waals surface area (Å²) >= 11 is 0. The first-order valence-electron chi connectivity index (χ1n) is 5.77. The van der Waals surface area contributed by atoms with Crippen molar-refractivity contribution in [3.05, 3.63) is 41.0 Å². The zero-order chi connectivity index (χ0) is 12.6. The second kappa shape index (κ2) is 4.32. The molecule has 0 aliphatic rings. The standard InChI is InChI=1S/C14H15F2N/c1-3-8-5-9(17)6-11-13(16)7-12(15)10(4-2)14(8)11/h5-7H,3-4,17H2,1-2H3. The maximum absolute atomic E-state index is 13.8. The first-order chi connectivity index (χ1) is 8.08. The summed E-state index contributed by atoms with van der Waals surface area (Å²) in [6.45, 7) is 3.82. The number of hydrogen-bond acceptors (Lipinski definition) is 1. The second-order valence-corrected chi connectivity index (χ2v) is 4.13. The molecule has 17 heavy (non-hydrogen) atoms. The smallest absolute Gasteiger partial charge is 0.134 e. The van der Waals surface area contributed by atoms with Crippen LogP contribution in [0.4, 0.5) is 14.5 Å². The van der Waals surface area contributed by atoms with Crippen LogP contribution in [0.25, 0.3) is 10.8 Å². The van der Waals surface area contributed by atoms with Gasteiger partial charge in [0.1, 0.15) is 11.6 Å². The summed E-state index contributed by atoms with van der Waals surface area (Å²) in [5.74, 6) is -1.02. The Kier molecular flexibility index (Phi) is 3.01. The van der Waals surface area contributed by atoms with Crippen molar-refractivity contribution in [3.63, 3.8) is 0 Å². The summed E-state index contributed by atoms with van der Waals surface area (Å²) in [5.41, 5.74) is 7.72. The molecule has 2 aromatic carbocycles. The molecular weight excluding hydrogens is 220 g/mol. The van der Waals surface area contributed by atoms with E-state index in [4.69, 9.17) is 5.73 Å². The Morgan fingerprint density at radius 1 is 1.00 bits per heavy atom. The molecule has 3 heteroatoms. The van der Waals surface area contributed by atoms with Crippen LogP contribution in [0.5, 0.6) is 0 Å². The van der Waals surface area contributed by atoms with Crippen molar-refractivity contribution in [2.24, 2.45) is 0 Å². The molecule has 0 heterocycles. The fourth-order valence-electron chi connectivity index (χ4n) is 2.29. The molecule has 0 aromatic heterocycles. The number of benzene rings is 2. The van der Waals surface area contributed by atoms with Gasteiger partial charge in [-0.3, -0.25) is 0 Å². The Labute approximate surface area is 99.2 Å². The largest absolute Gasteiger partial charge is 0.399 e. The number of nitrogen functional groups attached to an aromatic ring is 1. The number of anilines is 1. The first-order valence-corrected chi connectivity index (χ1v) is 5.77. The van der Waals surface area contributed by atoms with E-state index in [0.717, 1.165) is 11.6 Å². The highest BCUT2D eigenvalue weighted by Crippen LogP contribution is 2.30. The number of fused-ring (bicyclic) bond motifs is 1. The van der Waals surface area contributed by atoms with Crippen LogP contribution in [0.15, 0.2) is 18.2 Å². The second-order valence-electron chi connectivity index (χ2n) is 4.13. The number of nitrogens with two attached hydrogens (primary N) is 1. The Bertz CT molecular complexity index is 576. The zero-order valence-corrected chi connectivity index (χ0v) is 9.98. The summed E-state index contributed by atoms with van der Waals surface area (Å²) in [4.78, 5) is 0. The minimum Gasteiger partial charge on any atom is -0.399 e. The van der Waals surface area contributed by atoms with E-state index in [1.165, 1.54) is 0 Å². The summed E-state index contributed by atoms with van der Waals surface area (Å²) in [6, 6.07) is 4.31. The van der Waals surface area contributed by atoms with Gasteiger partial charge in [0, 0.05) is 17.1 Å². The van der Waals surface area contributed by atoms with Gasteiger partial charge in [-0.1, -0.05) is 13.8 Å². The molecule has 0 saturated carbocycles. The average molecular weight is 235 g/mol. The van der Waals surface area contributed by atoms with E-state index in [1.807, 2.05) is 13.8 Å². The third kappa shape index (κ3) is 1.86. The number of halogens is 2. The van der Waals surface area contributed by atoms with Crippen LogP contribution in [-0.2, 0) is 12.8 Å². The maximum Gasteiger partial charge on any atom is 0.134 e. The lowest BCUT2D eigenvalue weighted by Crippen LogP contribution is -1.99. The Morgan fingerprint density at radius 3 is 2.29 bits per heavy atom. The maximum atomic E-state index is 13.8. The quantitative estimate of drug-likeness (QED) is 0.787. The van der Waals surface area contributed by atoms with Gasteiger partial charge in [0.25, 0.3) is 0 Å². The average Bonchev–Trinajstić information content (AvgIpc) is 2.29. The molecule has 0 aliphatic heterocycles. The fraction of sp³-hybridized carbons (Fsp3) is 0.286. The lowest BCUT2D eigenvalue weighted by atomic mass is 9.95. The molecule has 0 saturated heterocycles. The molecule has 0 radical (unpaired) electrons. The van der Waals surface area contributed by atoms with Crippen LogP contribution >= 0.6 is 0 Å². The van der Waals surface area contributed by atoms with Gasteiger partial charge < -0.3 is 5.73 Å². The SMILES string of the molecule is CCc1cc(N)cc2c(F)cc(F)c(CC)c12. The first kappa shape index (κ1) is 11.8. The Hall–Kier alpha value is -1.64. The minimum atomic E-state index is -0.545. The van der Waals surface area contributed by atoms with Gasteiger partial charge >= 0.3 is 0 Å². The highest BCUT2D eigenvalue weighted by atomic mass is 19.1. The van der Waals surface area contributed by atoms with Crippen molar-refractivity contribution in [2.75, 3.05) is 5.73 Å². The van der Waals surface area contributed by atoms with Gasteiger partial charge in [0.2, 0.25) is 0 Å². The normalized spacial score (nSPS) is 11.1. The highest BCUT2D eigenvalue weighted by molar-refractivity contribution is 5.92. The highest BCUT2D eigenvalue weighted by Gasteiger charge is 2.14. The van der Waals surface area contributed by atoms with Crippen molar-refractivity contribution < 1.29 is 8.78 Å². The van der Waals surface area contributed by atoms with E-state index in [2.05, 4.69) is 0 Å². The van der Waals surface area contributed by atoms with E-state index in [1.54, 1.807) is 12.1 Å². The Morgan fingerprint density at radius 2 is 1.71 bits per heavy atom. The molecule has 2 aromatic rings. The van der Waals surface area contributed by atoms with Crippen molar-refractivity contribution in [1.29, 1.82) is 0 Å². The van der Waals surface area contributed by atoms with E-state index in [-0.39, 0.29) is 0 Å². The van der Waals surface area contributed by atoms with Gasteiger partial charge in [-0.15, -0.1) is 0 Å². The molecule has 0 unspecified atom stereocenters. The molecule has 0 bridgehead atoms. The number of aryl methyl sites for hydroxylation is 2. The van der Waals surface area contributed by atoms with Crippen LogP contribution < -0.4 is 5.73 Å². The van der Waals surface area contributed by atoms with Gasteiger partial charge in [0.05, 0.1) is 0 Å². The van der Waals surface area contributed by atoms with Crippen LogP contribution in [0.2, 0.25) is 0 Å². The lowest BCUT2D eigenvalue weighted by molar-refractivity contribution is 0.582. The lowest BCUT2D eigenvalue weighted by Gasteiger charge is -2.12. The van der Waals surface area contributed by atoms with Crippen molar-refractivity contribution >= 4 is 16.5 Å². The summed E-state index contributed by atoms with van der Waals surface area (Å²) in [7, 11) is 0. The number of rotatable bonds is 2. The van der Waals surface area contributed by atoms with E-state index >= 15 is 0 Å².